The summed E-state index contributed by atoms with van der Waals surface area (Å²) in [5.41, 5.74) is 0. The van der Waals surface area contributed by atoms with Crippen LogP contribution in [0.4, 0.5) is 0 Å². The minimum Gasteiger partial charge on any atom is -0.393 e. The van der Waals surface area contributed by atoms with E-state index in [0.717, 1.165) is 12.5 Å². The third-order valence-electron chi connectivity index (χ3n) is 3.54. The Balaban J connectivity index is 2.46. The van der Waals surface area contributed by atoms with Gasteiger partial charge in [-0.3, -0.25) is 4.90 Å². The third-order valence-corrected chi connectivity index (χ3v) is 3.54. The number of aliphatic hydroxyl groups excluding tert-OH is 1. The van der Waals surface area contributed by atoms with E-state index in [9.17, 15) is 5.11 Å². The molecule has 1 N–H and O–H groups in total. The molecule has 0 bridgehead atoms. The van der Waals surface area contributed by atoms with Crippen LogP contribution in [0.2, 0.25) is 0 Å². The summed E-state index contributed by atoms with van der Waals surface area (Å²) in [5, 5.41) is 9.44. The number of likely N-dealkylation sites (tertiary alicyclic amines) is 1. The molecule has 1 aliphatic rings. The van der Waals surface area contributed by atoms with Crippen molar-refractivity contribution >= 4 is 0 Å². The van der Waals surface area contributed by atoms with E-state index in [4.69, 9.17) is 0 Å². The second-order valence-electron chi connectivity index (χ2n) is 5.11. The maximum Gasteiger partial charge on any atom is 0.0526 e. The van der Waals surface area contributed by atoms with Crippen LogP contribution < -0.4 is 0 Å². The van der Waals surface area contributed by atoms with Crippen molar-refractivity contribution in [3.63, 3.8) is 0 Å². The summed E-state index contributed by atoms with van der Waals surface area (Å²) in [5.74, 6) is 0. The maximum absolute atomic E-state index is 9.44. The lowest BCUT2D eigenvalue weighted by molar-refractivity contribution is 0.0626. The van der Waals surface area contributed by atoms with Gasteiger partial charge in [0.15, 0.2) is 0 Å². The number of hydrogen-bond donors (Lipinski definition) is 1. The highest BCUT2D eigenvalue weighted by molar-refractivity contribution is 4.81. The summed E-state index contributed by atoms with van der Waals surface area (Å²) in [6.07, 6.45) is 7.45. The number of rotatable bonds is 5. The van der Waals surface area contributed by atoms with Crippen LogP contribution in [0.1, 0.15) is 59.3 Å². The van der Waals surface area contributed by atoms with Crippen LogP contribution in [-0.2, 0) is 0 Å². The van der Waals surface area contributed by atoms with Crippen molar-refractivity contribution in [1.82, 2.24) is 4.90 Å². The van der Waals surface area contributed by atoms with Crippen LogP contribution in [0, 0.1) is 0 Å². The number of aliphatic hydroxyl groups is 1. The molecular weight excluding hydrogens is 186 g/mol. The minimum atomic E-state index is -0.163. The first-order chi connectivity index (χ1) is 7.15. The van der Waals surface area contributed by atoms with Crippen molar-refractivity contribution in [2.45, 2.75) is 77.5 Å². The van der Waals surface area contributed by atoms with Crippen LogP contribution in [0.3, 0.4) is 0 Å². The summed E-state index contributed by atoms with van der Waals surface area (Å²) in [7, 11) is 0. The molecule has 2 nitrogen and oxygen atoms in total. The number of hydrogen-bond acceptors (Lipinski definition) is 2. The van der Waals surface area contributed by atoms with E-state index in [1.807, 2.05) is 6.92 Å². The third kappa shape index (κ3) is 4.12. The van der Waals surface area contributed by atoms with Gasteiger partial charge < -0.3 is 5.11 Å². The van der Waals surface area contributed by atoms with E-state index < -0.39 is 0 Å². The quantitative estimate of drug-likeness (QED) is 0.759. The molecule has 0 aromatic heterocycles. The van der Waals surface area contributed by atoms with Gasteiger partial charge in [0, 0.05) is 12.1 Å². The van der Waals surface area contributed by atoms with Crippen LogP contribution in [0.25, 0.3) is 0 Å². The van der Waals surface area contributed by atoms with Crippen molar-refractivity contribution in [3.05, 3.63) is 0 Å². The smallest absolute Gasteiger partial charge is 0.0526 e. The zero-order valence-corrected chi connectivity index (χ0v) is 10.6. The molecule has 0 amide bonds. The van der Waals surface area contributed by atoms with E-state index in [-0.39, 0.29) is 6.10 Å². The highest BCUT2D eigenvalue weighted by Crippen LogP contribution is 2.24. The molecule has 0 aromatic rings. The van der Waals surface area contributed by atoms with E-state index in [2.05, 4.69) is 18.7 Å². The second-order valence-corrected chi connectivity index (χ2v) is 5.11. The monoisotopic (exact) mass is 213 g/mol. The predicted molar refractivity (Wildman–Crippen MR) is 65.0 cm³/mol. The molecule has 90 valence electrons. The van der Waals surface area contributed by atoms with Crippen molar-refractivity contribution in [2.24, 2.45) is 0 Å². The van der Waals surface area contributed by atoms with Gasteiger partial charge in [0.05, 0.1) is 6.10 Å². The Labute approximate surface area is 94.7 Å². The van der Waals surface area contributed by atoms with Crippen molar-refractivity contribution in [3.8, 4) is 0 Å². The number of piperidine rings is 1. The molecule has 1 aliphatic heterocycles. The van der Waals surface area contributed by atoms with Crippen LogP contribution in [0.5, 0.6) is 0 Å². The van der Waals surface area contributed by atoms with E-state index in [1.165, 1.54) is 38.6 Å². The topological polar surface area (TPSA) is 23.5 Å². The van der Waals surface area contributed by atoms with Crippen molar-refractivity contribution in [2.75, 3.05) is 6.54 Å². The molecule has 1 saturated heterocycles. The minimum absolute atomic E-state index is 0.163. The molecule has 0 spiro atoms. The lowest BCUT2D eigenvalue weighted by atomic mass is 9.95. The van der Waals surface area contributed by atoms with Gasteiger partial charge in [-0.1, -0.05) is 19.8 Å². The summed E-state index contributed by atoms with van der Waals surface area (Å²) < 4.78 is 0. The highest BCUT2D eigenvalue weighted by atomic mass is 16.3. The first-order valence-electron chi connectivity index (χ1n) is 6.59. The number of nitrogens with zero attached hydrogens (tertiary/aromatic N) is 1. The standard InChI is InChI=1S/C13H27NO/c1-4-7-13-8-5-6-9-14(13)11(2)10-12(3)15/h11-13,15H,4-10H2,1-3H3. The molecule has 0 aromatic carbocycles. The average Bonchev–Trinajstić information content (AvgIpc) is 2.18. The van der Waals surface area contributed by atoms with Crippen molar-refractivity contribution < 1.29 is 5.11 Å². The van der Waals surface area contributed by atoms with Gasteiger partial charge in [-0.25, -0.2) is 0 Å². The fourth-order valence-electron chi connectivity index (χ4n) is 2.88. The Morgan fingerprint density at radius 3 is 2.67 bits per heavy atom. The molecular formula is C13H27NO. The zero-order valence-electron chi connectivity index (χ0n) is 10.6. The maximum atomic E-state index is 9.44. The van der Waals surface area contributed by atoms with Gasteiger partial charge in [-0.2, -0.15) is 0 Å². The Morgan fingerprint density at radius 2 is 2.07 bits per heavy atom. The molecule has 3 atom stereocenters. The Hall–Kier alpha value is -0.0800. The first-order valence-corrected chi connectivity index (χ1v) is 6.59. The summed E-state index contributed by atoms with van der Waals surface area (Å²) in [6.45, 7) is 7.67. The molecule has 1 heterocycles. The lowest BCUT2D eigenvalue weighted by Gasteiger charge is -2.40. The summed E-state index contributed by atoms with van der Waals surface area (Å²) in [4.78, 5) is 2.62. The van der Waals surface area contributed by atoms with E-state index in [0.29, 0.717) is 6.04 Å². The molecule has 15 heavy (non-hydrogen) atoms. The normalized spacial score (nSPS) is 27.6. The second kappa shape index (κ2) is 6.49. The lowest BCUT2D eigenvalue weighted by Crippen LogP contribution is -2.45. The molecule has 2 heteroatoms. The average molecular weight is 213 g/mol. The van der Waals surface area contributed by atoms with Crippen LogP contribution in [-0.4, -0.2) is 34.7 Å². The van der Waals surface area contributed by atoms with Gasteiger partial charge in [0.25, 0.3) is 0 Å². The first kappa shape index (κ1) is 13.0. The van der Waals surface area contributed by atoms with Gasteiger partial charge in [0.1, 0.15) is 0 Å². The van der Waals surface area contributed by atoms with Gasteiger partial charge in [-0.05, 0) is 46.1 Å². The van der Waals surface area contributed by atoms with E-state index >= 15 is 0 Å². The summed E-state index contributed by atoms with van der Waals surface area (Å²) >= 11 is 0. The Morgan fingerprint density at radius 1 is 1.33 bits per heavy atom. The molecule has 0 saturated carbocycles. The van der Waals surface area contributed by atoms with Crippen LogP contribution in [0.15, 0.2) is 0 Å². The molecule has 3 unspecified atom stereocenters. The highest BCUT2D eigenvalue weighted by Gasteiger charge is 2.26. The van der Waals surface area contributed by atoms with Crippen molar-refractivity contribution in [1.29, 1.82) is 0 Å². The van der Waals surface area contributed by atoms with Crippen LogP contribution >= 0.6 is 0 Å². The predicted octanol–water partition coefficient (Wildman–Crippen LogP) is 2.80. The molecule has 1 rings (SSSR count). The fourth-order valence-corrected chi connectivity index (χ4v) is 2.88. The Bertz CT molecular complexity index is 168. The summed E-state index contributed by atoms with van der Waals surface area (Å²) in [6, 6.07) is 1.32. The zero-order chi connectivity index (χ0) is 11.3. The molecule has 1 fully saturated rings. The van der Waals surface area contributed by atoms with Gasteiger partial charge in [0.2, 0.25) is 0 Å². The molecule has 0 radical (unpaired) electrons. The molecule has 0 aliphatic carbocycles. The largest absolute Gasteiger partial charge is 0.393 e. The SMILES string of the molecule is CCCC1CCCCN1C(C)CC(C)O. The van der Waals surface area contributed by atoms with E-state index in [1.54, 1.807) is 0 Å². The Kier molecular flexibility index (Phi) is 5.62. The fraction of sp³-hybridized carbons (Fsp3) is 1.00. The van der Waals surface area contributed by atoms with Gasteiger partial charge in [-0.15, -0.1) is 0 Å². The van der Waals surface area contributed by atoms with Gasteiger partial charge >= 0.3 is 0 Å².